The van der Waals surface area contributed by atoms with Crippen LogP contribution in [0.3, 0.4) is 0 Å². The van der Waals surface area contributed by atoms with Gasteiger partial charge in [-0.2, -0.15) is 0 Å². The van der Waals surface area contributed by atoms with Crippen molar-refractivity contribution in [3.8, 4) is 0 Å². The SMILES string of the molecule is Cc1noc(C)c1C(C)CNC(=O)c1ccn(C(C)C)c1C. The fraction of sp³-hybridized carbons (Fsp3) is 0.529. The Labute approximate surface area is 131 Å². The van der Waals surface area contributed by atoms with Crippen molar-refractivity contribution < 1.29 is 9.32 Å². The van der Waals surface area contributed by atoms with E-state index in [1.54, 1.807) is 0 Å². The molecule has 0 aliphatic rings. The first kappa shape index (κ1) is 16.3. The Morgan fingerprint density at radius 1 is 1.32 bits per heavy atom. The lowest BCUT2D eigenvalue weighted by molar-refractivity contribution is 0.0951. The zero-order valence-corrected chi connectivity index (χ0v) is 14.2. The van der Waals surface area contributed by atoms with Gasteiger partial charge in [0.1, 0.15) is 5.76 Å². The van der Waals surface area contributed by atoms with Crippen LogP contribution in [0.2, 0.25) is 0 Å². The molecule has 2 aromatic heterocycles. The minimum Gasteiger partial charge on any atom is -0.361 e. The van der Waals surface area contributed by atoms with Gasteiger partial charge in [-0.1, -0.05) is 12.1 Å². The molecule has 120 valence electrons. The van der Waals surface area contributed by atoms with Crippen molar-refractivity contribution in [3.63, 3.8) is 0 Å². The molecule has 5 nitrogen and oxygen atoms in total. The topological polar surface area (TPSA) is 60.1 Å². The molecule has 0 aliphatic carbocycles. The highest BCUT2D eigenvalue weighted by Gasteiger charge is 2.19. The number of carbonyl (C=O) groups is 1. The summed E-state index contributed by atoms with van der Waals surface area (Å²) in [7, 11) is 0. The highest BCUT2D eigenvalue weighted by Crippen LogP contribution is 2.22. The van der Waals surface area contributed by atoms with Crippen LogP contribution < -0.4 is 5.32 Å². The third-order valence-corrected chi connectivity index (χ3v) is 4.13. The molecule has 1 atom stereocenters. The summed E-state index contributed by atoms with van der Waals surface area (Å²) in [5.41, 5.74) is 3.70. The molecule has 5 heteroatoms. The predicted octanol–water partition coefficient (Wildman–Crippen LogP) is 3.52. The van der Waals surface area contributed by atoms with Crippen molar-refractivity contribution in [2.75, 3.05) is 6.54 Å². The van der Waals surface area contributed by atoms with Crippen molar-refractivity contribution in [2.45, 2.75) is 53.5 Å². The number of rotatable bonds is 5. The van der Waals surface area contributed by atoms with Crippen LogP contribution in [0, 0.1) is 20.8 Å². The van der Waals surface area contributed by atoms with E-state index < -0.39 is 0 Å². The predicted molar refractivity (Wildman–Crippen MR) is 86.3 cm³/mol. The van der Waals surface area contributed by atoms with Crippen LogP contribution in [-0.4, -0.2) is 22.2 Å². The Balaban J connectivity index is 2.04. The van der Waals surface area contributed by atoms with Crippen molar-refractivity contribution in [3.05, 3.63) is 40.5 Å². The molecule has 0 fully saturated rings. The van der Waals surface area contributed by atoms with E-state index in [0.29, 0.717) is 12.6 Å². The van der Waals surface area contributed by atoms with E-state index in [2.05, 4.69) is 35.8 Å². The molecule has 0 aromatic carbocycles. The summed E-state index contributed by atoms with van der Waals surface area (Å²) in [4.78, 5) is 12.4. The highest BCUT2D eigenvalue weighted by molar-refractivity contribution is 5.95. The van der Waals surface area contributed by atoms with Gasteiger partial charge in [-0.15, -0.1) is 0 Å². The Kier molecular flexibility index (Phi) is 4.74. The number of aromatic nitrogens is 2. The van der Waals surface area contributed by atoms with Crippen molar-refractivity contribution >= 4 is 5.91 Å². The largest absolute Gasteiger partial charge is 0.361 e. The number of nitrogens with zero attached hydrogens (tertiary/aromatic N) is 2. The summed E-state index contributed by atoms with van der Waals surface area (Å²) >= 11 is 0. The Bertz CT molecular complexity index is 648. The number of carbonyl (C=O) groups excluding carboxylic acids is 1. The number of hydrogen-bond donors (Lipinski definition) is 1. The molecule has 1 amide bonds. The number of hydrogen-bond acceptors (Lipinski definition) is 3. The van der Waals surface area contributed by atoms with Crippen LogP contribution in [0.4, 0.5) is 0 Å². The molecule has 2 heterocycles. The van der Waals surface area contributed by atoms with Gasteiger partial charge in [0.25, 0.3) is 5.91 Å². The van der Waals surface area contributed by atoms with Crippen molar-refractivity contribution in [1.29, 1.82) is 0 Å². The first-order valence-electron chi connectivity index (χ1n) is 7.71. The average molecular weight is 303 g/mol. The lowest BCUT2D eigenvalue weighted by Crippen LogP contribution is -2.28. The second-order valence-corrected chi connectivity index (χ2v) is 6.16. The third-order valence-electron chi connectivity index (χ3n) is 4.13. The zero-order chi connectivity index (χ0) is 16.4. The first-order valence-corrected chi connectivity index (χ1v) is 7.71. The van der Waals surface area contributed by atoms with Gasteiger partial charge in [0.2, 0.25) is 0 Å². The average Bonchev–Trinajstić information content (AvgIpc) is 2.99. The van der Waals surface area contributed by atoms with Gasteiger partial charge in [0.15, 0.2) is 0 Å². The molecule has 0 spiro atoms. The van der Waals surface area contributed by atoms with Gasteiger partial charge in [-0.05, 0) is 40.7 Å². The highest BCUT2D eigenvalue weighted by atomic mass is 16.5. The summed E-state index contributed by atoms with van der Waals surface area (Å²) in [5.74, 6) is 0.958. The van der Waals surface area contributed by atoms with Crippen molar-refractivity contribution in [1.82, 2.24) is 15.0 Å². The third kappa shape index (κ3) is 3.08. The van der Waals surface area contributed by atoms with Gasteiger partial charge in [-0.3, -0.25) is 4.79 Å². The van der Waals surface area contributed by atoms with Gasteiger partial charge in [0.05, 0.1) is 11.3 Å². The lowest BCUT2D eigenvalue weighted by atomic mass is 9.99. The van der Waals surface area contributed by atoms with Gasteiger partial charge in [0, 0.05) is 36.0 Å². The summed E-state index contributed by atoms with van der Waals surface area (Å²) in [5, 5.41) is 6.98. The minimum atomic E-state index is -0.0319. The van der Waals surface area contributed by atoms with Crippen LogP contribution >= 0.6 is 0 Å². The molecule has 2 rings (SSSR count). The van der Waals surface area contributed by atoms with Crippen LogP contribution in [0.25, 0.3) is 0 Å². The van der Waals surface area contributed by atoms with Gasteiger partial charge >= 0.3 is 0 Å². The Hall–Kier alpha value is -2.04. The second-order valence-electron chi connectivity index (χ2n) is 6.16. The maximum Gasteiger partial charge on any atom is 0.253 e. The smallest absolute Gasteiger partial charge is 0.253 e. The van der Waals surface area contributed by atoms with E-state index in [9.17, 15) is 4.79 Å². The second kappa shape index (κ2) is 6.38. The molecule has 0 saturated heterocycles. The quantitative estimate of drug-likeness (QED) is 0.919. The first-order chi connectivity index (χ1) is 10.3. The number of aryl methyl sites for hydroxylation is 2. The summed E-state index contributed by atoms with van der Waals surface area (Å²) in [6.07, 6.45) is 1.96. The molecule has 1 N–H and O–H groups in total. The maximum atomic E-state index is 12.4. The molecule has 1 unspecified atom stereocenters. The number of amides is 1. The zero-order valence-electron chi connectivity index (χ0n) is 14.2. The summed E-state index contributed by atoms with van der Waals surface area (Å²) in [6, 6.07) is 2.23. The number of nitrogens with one attached hydrogen (secondary N) is 1. The Morgan fingerprint density at radius 3 is 2.50 bits per heavy atom. The maximum absolute atomic E-state index is 12.4. The van der Waals surface area contributed by atoms with E-state index in [1.807, 2.05) is 33.0 Å². The normalized spacial score (nSPS) is 12.7. The van der Waals surface area contributed by atoms with Crippen LogP contribution in [0.5, 0.6) is 0 Å². The summed E-state index contributed by atoms with van der Waals surface area (Å²) in [6.45, 7) is 12.7. The van der Waals surface area contributed by atoms with Crippen LogP contribution in [-0.2, 0) is 0 Å². The lowest BCUT2D eigenvalue weighted by Gasteiger charge is -2.14. The minimum absolute atomic E-state index is 0.0319. The van der Waals surface area contributed by atoms with Crippen LogP contribution in [0.15, 0.2) is 16.8 Å². The molecule has 0 radical (unpaired) electrons. The van der Waals surface area contributed by atoms with E-state index in [4.69, 9.17) is 4.52 Å². The van der Waals surface area contributed by atoms with E-state index in [1.165, 1.54) is 0 Å². The molecule has 0 aliphatic heterocycles. The van der Waals surface area contributed by atoms with Gasteiger partial charge in [-0.25, -0.2) is 0 Å². The molecule has 22 heavy (non-hydrogen) atoms. The molecule has 0 bridgehead atoms. The molecular formula is C17H25N3O2. The fourth-order valence-electron chi connectivity index (χ4n) is 2.96. The molecule has 2 aromatic rings. The molecule has 0 saturated carbocycles. The molecular weight excluding hydrogens is 278 g/mol. The monoisotopic (exact) mass is 303 g/mol. The standard InChI is InChI=1S/C17H25N3O2/c1-10(2)20-8-7-15(13(20)5)17(21)18-9-11(3)16-12(4)19-22-14(16)6/h7-8,10-11H,9H2,1-6H3,(H,18,21). The van der Waals surface area contributed by atoms with Crippen LogP contribution in [0.1, 0.15) is 65.8 Å². The Morgan fingerprint density at radius 2 is 2.00 bits per heavy atom. The fourth-order valence-corrected chi connectivity index (χ4v) is 2.96. The van der Waals surface area contributed by atoms with E-state index >= 15 is 0 Å². The van der Waals surface area contributed by atoms with E-state index in [0.717, 1.165) is 28.3 Å². The summed E-state index contributed by atoms with van der Waals surface area (Å²) < 4.78 is 7.29. The van der Waals surface area contributed by atoms with Gasteiger partial charge < -0.3 is 14.4 Å². The van der Waals surface area contributed by atoms with E-state index in [-0.39, 0.29) is 11.8 Å². The van der Waals surface area contributed by atoms with Crippen molar-refractivity contribution in [2.24, 2.45) is 0 Å².